The fraction of sp³-hybridized carbons (Fsp3) is 0.917. The van der Waals surface area contributed by atoms with Gasteiger partial charge >= 0.3 is 0 Å². The van der Waals surface area contributed by atoms with Gasteiger partial charge in [-0.05, 0) is 39.0 Å². The van der Waals surface area contributed by atoms with Gasteiger partial charge in [-0.1, -0.05) is 0 Å². The minimum absolute atomic E-state index is 0.00130. The highest BCUT2D eigenvalue weighted by molar-refractivity contribution is 5.85. The number of amides is 1. The molecule has 2 saturated heterocycles. The average Bonchev–Trinajstić information content (AvgIpc) is 2.61. The third kappa shape index (κ3) is 1.09. The quantitative estimate of drug-likeness (QED) is 0.702. The predicted octanol–water partition coefficient (Wildman–Crippen LogP) is 0.129. The van der Waals surface area contributed by atoms with Crippen molar-refractivity contribution in [1.29, 1.82) is 0 Å². The first-order valence-corrected chi connectivity index (χ1v) is 6.06. The highest BCUT2D eigenvalue weighted by atomic mass is 16.3. The second-order valence-corrected chi connectivity index (χ2v) is 6.20. The third-order valence-corrected chi connectivity index (χ3v) is 4.76. The third-order valence-electron chi connectivity index (χ3n) is 4.76. The van der Waals surface area contributed by atoms with Crippen LogP contribution < -0.4 is 0 Å². The highest BCUT2D eigenvalue weighted by Crippen LogP contribution is 2.65. The molecule has 2 heterocycles. The van der Waals surface area contributed by atoms with Crippen molar-refractivity contribution in [1.82, 2.24) is 4.90 Å². The number of nitrogens with zero attached hydrogens (tertiary/aromatic N) is 1. The van der Waals surface area contributed by atoms with Crippen LogP contribution >= 0.6 is 0 Å². The van der Waals surface area contributed by atoms with Gasteiger partial charge in [-0.2, -0.15) is 0 Å². The molecule has 0 aromatic carbocycles. The van der Waals surface area contributed by atoms with Crippen molar-refractivity contribution < 1.29 is 15.0 Å². The van der Waals surface area contributed by atoms with E-state index in [9.17, 15) is 15.0 Å². The molecule has 0 radical (unpaired) electrons. The summed E-state index contributed by atoms with van der Waals surface area (Å²) >= 11 is 0. The number of aliphatic hydroxyl groups is 2. The molecule has 4 atom stereocenters. The number of carbonyl (C=O) groups excluding carboxylic acids is 1. The minimum Gasteiger partial charge on any atom is -0.394 e. The largest absolute Gasteiger partial charge is 0.394 e. The maximum absolute atomic E-state index is 12.3. The summed E-state index contributed by atoms with van der Waals surface area (Å²) in [5.74, 6) is 0.333. The zero-order valence-electron chi connectivity index (χ0n) is 9.81. The molecule has 0 aromatic heterocycles. The molecule has 4 nitrogen and oxygen atoms in total. The van der Waals surface area contributed by atoms with E-state index in [1.54, 1.807) is 13.8 Å². The molecule has 3 rings (SSSR count). The molecule has 3 aliphatic rings. The zero-order chi connectivity index (χ0) is 11.7. The van der Waals surface area contributed by atoms with Gasteiger partial charge in [-0.3, -0.25) is 4.79 Å². The van der Waals surface area contributed by atoms with Crippen LogP contribution in [-0.2, 0) is 4.79 Å². The molecule has 1 amide bonds. The zero-order valence-corrected chi connectivity index (χ0v) is 9.81. The van der Waals surface area contributed by atoms with Crippen molar-refractivity contribution in [3.63, 3.8) is 0 Å². The fourth-order valence-electron chi connectivity index (χ4n) is 3.83. The van der Waals surface area contributed by atoms with Crippen LogP contribution in [0.4, 0.5) is 0 Å². The van der Waals surface area contributed by atoms with Crippen molar-refractivity contribution in [2.45, 2.75) is 50.3 Å². The molecule has 2 N–H and O–H groups in total. The van der Waals surface area contributed by atoms with Crippen molar-refractivity contribution in [3.8, 4) is 0 Å². The highest BCUT2D eigenvalue weighted by Gasteiger charge is 2.72. The van der Waals surface area contributed by atoms with Gasteiger partial charge in [0.1, 0.15) is 0 Å². The van der Waals surface area contributed by atoms with Gasteiger partial charge in [0.25, 0.3) is 0 Å². The summed E-state index contributed by atoms with van der Waals surface area (Å²) in [5, 5.41) is 19.3. The monoisotopic (exact) mass is 225 g/mol. The van der Waals surface area contributed by atoms with Gasteiger partial charge in [-0.25, -0.2) is 0 Å². The normalized spacial score (nSPS) is 45.9. The Morgan fingerprint density at radius 1 is 1.50 bits per heavy atom. The molecule has 0 bridgehead atoms. The van der Waals surface area contributed by atoms with Gasteiger partial charge in [0.2, 0.25) is 5.91 Å². The van der Waals surface area contributed by atoms with Gasteiger partial charge in [0.05, 0.1) is 24.2 Å². The van der Waals surface area contributed by atoms with Crippen molar-refractivity contribution >= 4 is 5.91 Å². The Labute approximate surface area is 95.2 Å². The lowest BCUT2D eigenvalue weighted by atomic mass is 9.87. The number of aliphatic hydroxyl groups excluding tert-OH is 1. The van der Waals surface area contributed by atoms with Crippen LogP contribution in [0.5, 0.6) is 0 Å². The van der Waals surface area contributed by atoms with E-state index in [1.807, 2.05) is 4.90 Å². The van der Waals surface area contributed by atoms with Crippen LogP contribution in [0.1, 0.15) is 33.1 Å². The summed E-state index contributed by atoms with van der Waals surface area (Å²) in [6.07, 6.45) is 2.79. The molecule has 16 heavy (non-hydrogen) atoms. The van der Waals surface area contributed by atoms with Gasteiger partial charge in [-0.15, -0.1) is 0 Å². The summed E-state index contributed by atoms with van der Waals surface area (Å²) in [6.45, 7) is 3.47. The molecule has 2 aliphatic heterocycles. The molecule has 0 aromatic rings. The van der Waals surface area contributed by atoms with E-state index in [-0.39, 0.29) is 30.0 Å². The first-order valence-electron chi connectivity index (χ1n) is 6.06. The van der Waals surface area contributed by atoms with Crippen LogP contribution in [0.15, 0.2) is 0 Å². The molecule has 90 valence electrons. The summed E-state index contributed by atoms with van der Waals surface area (Å²) in [4.78, 5) is 14.2. The van der Waals surface area contributed by atoms with E-state index in [1.165, 1.54) is 0 Å². The molecule has 4 heteroatoms. The molecular formula is C12H19NO3. The van der Waals surface area contributed by atoms with E-state index in [0.717, 1.165) is 19.3 Å². The molecular weight excluding hydrogens is 206 g/mol. The number of piperidine rings is 1. The summed E-state index contributed by atoms with van der Waals surface area (Å²) in [5.41, 5.74) is -0.932. The first kappa shape index (κ1) is 10.5. The first-order chi connectivity index (χ1) is 7.40. The predicted molar refractivity (Wildman–Crippen MR) is 57.6 cm³/mol. The van der Waals surface area contributed by atoms with E-state index in [2.05, 4.69) is 0 Å². The Morgan fingerprint density at radius 2 is 2.19 bits per heavy atom. The summed E-state index contributed by atoms with van der Waals surface area (Å²) in [6, 6.07) is -0.00130. The maximum Gasteiger partial charge on any atom is 0.229 e. The Balaban J connectivity index is 1.91. The van der Waals surface area contributed by atoms with Gasteiger partial charge < -0.3 is 15.1 Å². The molecule has 1 aliphatic carbocycles. The summed E-state index contributed by atoms with van der Waals surface area (Å²) < 4.78 is 0. The smallest absolute Gasteiger partial charge is 0.229 e. The lowest BCUT2D eigenvalue weighted by Gasteiger charge is -2.28. The Hall–Kier alpha value is -0.610. The SMILES string of the molecule is CC(C)(O)[C@H]1C[C@]23C[C@H]2C[C@H](CO)N3C1=O. The average molecular weight is 225 g/mol. The van der Waals surface area contributed by atoms with Crippen LogP contribution in [0.2, 0.25) is 0 Å². The molecule has 1 spiro atoms. The number of hydrogen-bond donors (Lipinski definition) is 2. The maximum atomic E-state index is 12.3. The van der Waals surface area contributed by atoms with Crippen LogP contribution in [0.3, 0.4) is 0 Å². The van der Waals surface area contributed by atoms with E-state index in [0.29, 0.717) is 5.92 Å². The minimum atomic E-state index is -0.941. The Morgan fingerprint density at radius 3 is 2.75 bits per heavy atom. The van der Waals surface area contributed by atoms with Crippen LogP contribution in [0.25, 0.3) is 0 Å². The topological polar surface area (TPSA) is 60.8 Å². The molecule has 0 unspecified atom stereocenters. The second-order valence-electron chi connectivity index (χ2n) is 6.20. The van der Waals surface area contributed by atoms with Crippen LogP contribution in [-0.4, -0.2) is 44.8 Å². The second kappa shape index (κ2) is 2.79. The standard InChI is InChI=1S/C12H19NO3/c1-11(2,16)9-5-12-4-7(12)3-8(6-14)13(12)10(9)15/h7-9,14,16H,3-6H2,1-2H3/t7-,8-,9+,12-/m1/s1. The number of rotatable bonds is 2. The van der Waals surface area contributed by atoms with Crippen LogP contribution in [0, 0.1) is 11.8 Å². The Kier molecular flexibility index (Phi) is 1.84. The lowest BCUT2D eigenvalue weighted by Crippen LogP contribution is -2.44. The van der Waals surface area contributed by atoms with Gasteiger partial charge in [0.15, 0.2) is 0 Å². The molecule has 1 saturated carbocycles. The van der Waals surface area contributed by atoms with E-state index in [4.69, 9.17) is 0 Å². The van der Waals surface area contributed by atoms with Crippen molar-refractivity contribution in [2.75, 3.05) is 6.61 Å². The number of hydrogen-bond acceptors (Lipinski definition) is 3. The molecule has 3 fully saturated rings. The Bertz CT molecular complexity index is 349. The van der Waals surface area contributed by atoms with Gasteiger partial charge in [0, 0.05) is 5.54 Å². The van der Waals surface area contributed by atoms with E-state index >= 15 is 0 Å². The van der Waals surface area contributed by atoms with Crippen molar-refractivity contribution in [3.05, 3.63) is 0 Å². The lowest BCUT2D eigenvalue weighted by molar-refractivity contribution is -0.140. The fourth-order valence-corrected chi connectivity index (χ4v) is 3.83. The summed E-state index contributed by atoms with van der Waals surface area (Å²) in [7, 11) is 0. The number of carbonyl (C=O) groups is 1. The van der Waals surface area contributed by atoms with E-state index < -0.39 is 5.60 Å². The van der Waals surface area contributed by atoms with Crippen molar-refractivity contribution in [2.24, 2.45) is 11.8 Å².